The summed E-state index contributed by atoms with van der Waals surface area (Å²) >= 11 is 0. The normalized spacial score (nSPS) is 32.7. The summed E-state index contributed by atoms with van der Waals surface area (Å²) in [5.74, 6) is -1.25. The van der Waals surface area contributed by atoms with Gasteiger partial charge < -0.3 is 34.1 Å². The highest BCUT2D eigenvalue weighted by molar-refractivity contribution is 6.26. The largest absolute Gasteiger partial charge is 0.393 e. The highest BCUT2D eigenvalue weighted by Crippen LogP contribution is 2.75. The summed E-state index contributed by atoms with van der Waals surface area (Å²) in [6, 6.07) is 9.66. The lowest BCUT2D eigenvalue weighted by Crippen LogP contribution is -2.78. The van der Waals surface area contributed by atoms with E-state index in [1.165, 1.54) is 11.3 Å². The molecule has 14 heteroatoms. The van der Waals surface area contributed by atoms with Crippen LogP contribution in [-0.2, 0) is 36.7 Å². The minimum absolute atomic E-state index is 0.00514. The van der Waals surface area contributed by atoms with Crippen LogP contribution in [0.25, 0.3) is 10.8 Å². The number of amides is 2. The van der Waals surface area contributed by atoms with Gasteiger partial charge in [-0.25, -0.2) is 4.68 Å². The Balaban J connectivity index is 0.636. The van der Waals surface area contributed by atoms with Gasteiger partial charge in [-0.05, 0) is 99.3 Å². The zero-order valence-corrected chi connectivity index (χ0v) is 37.6. The first kappa shape index (κ1) is 43.8. The summed E-state index contributed by atoms with van der Waals surface area (Å²) in [5, 5.41) is 33.8. The minimum Gasteiger partial charge on any atom is -0.393 e. The number of hydrogen-bond acceptors (Lipinski definition) is 12. The average Bonchev–Trinajstić information content (AvgIpc) is 3.79. The van der Waals surface area contributed by atoms with Crippen molar-refractivity contribution in [2.45, 2.75) is 122 Å². The molecule has 344 valence electrons. The molecule has 7 fully saturated rings. The van der Waals surface area contributed by atoms with Crippen LogP contribution in [0.3, 0.4) is 0 Å². The molecule has 9 atom stereocenters. The lowest BCUT2D eigenvalue weighted by molar-refractivity contribution is -0.402. The fraction of sp³-hybridized carbons (Fsp3) is 0.660. The van der Waals surface area contributed by atoms with Gasteiger partial charge in [0.1, 0.15) is 0 Å². The Morgan fingerprint density at radius 1 is 0.859 bits per heavy atom. The molecule has 3 saturated heterocycles. The molecule has 2 spiro atoms. The van der Waals surface area contributed by atoms with Crippen LogP contribution in [0.4, 0.5) is 5.69 Å². The Bertz CT molecular complexity index is 2270. The maximum atomic E-state index is 14.0. The number of aryl methyl sites for hydroxylation is 1. The summed E-state index contributed by atoms with van der Waals surface area (Å²) in [7, 11) is 0. The van der Waals surface area contributed by atoms with E-state index in [1.807, 2.05) is 36.5 Å². The fourth-order valence-electron chi connectivity index (χ4n) is 13.8. The molecule has 2 aromatic carbocycles. The Hall–Kier alpha value is -4.05. The second-order valence-electron chi connectivity index (χ2n) is 20.4. The smallest absolute Gasteiger partial charge is 0.261 e. The highest BCUT2D eigenvalue weighted by atomic mass is 16.7. The first-order valence-electron chi connectivity index (χ1n) is 24.1. The highest BCUT2D eigenvalue weighted by Gasteiger charge is 2.81. The number of aliphatic hydroxyl groups is 2. The molecule has 5 heterocycles. The van der Waals surface area contributed by atoms with Crippen molar-refractivity contribution in [2.75, 3.05) is 57.6 Å². The lowest BCUT2D eigenvalue weighted by Gasteiger charge is -2.72. The molecular formula is C50H65N5O9. The number of benzene rings is 2. The van der Waals surface area contributed by atoms with Gasteiger partial charge in [-0.1, -0.05) is 50.6 Å². The third kappa shape index (κ3) is 6.99. The number of Topliss-reactive ketones (excluding diaryl/α,β-unsaturated/α-hetero) is 1. The van der Waals surface area contributed by atoms with E-state index in [9.17, 15) is 24.6 Å². The number of imide groups is 1. The van der Waals surface area contributed by atoms with E-state index < -0.39 is 47.3 Å². The number of carbonyl (C=O) groups is 3. The van der Waals surface area contributed by atoms with Gasteiger partial charge in [-0.2, -0.15) is 0 Å². The van der Waals surface area contributed by atoms with Crippen LogP contribution in [0.2, 0.25) is 0 Å². The Morgan fingerprint density at radius 2 is 1.62 bits per heavy atom. The second-order valence-corrected chi connectivity index (χ2v) is 20.4. The van der Waals surface area contributed by atoms with E-state index in [1.54, 1.807) is 4.68 Å². The number of aromatic nitrogens is 3. The van der Waals surface area contributed by atoms with Crippen LogP contribution in [0, 0.1) is 34.0 Å². The maximum Gasteiger partial charge on any atom is 0.261 e. The molecule has 3 aromatic rings. The lowest BCUT2D eigenvalue weighted by atomic mass is 9.37. The van der Waals surface area contributed by atoms with Crippen molar-refractivity contribution in [1.82, 2.24) is 19.9 Å². The number of piperidine rings is 1. The van der Waals surface area contributed by atoms with Crippen LogP contribution in [-0.4, -0.2) is 125 Å². The SMILES string of the molecule is C=C1C(=O)[C@]23[C@H](O)[C@H]1C[C@H](O)[C@H]2[C@]12CCCC(C)(C)[C@H]1C[C@H]3O[C@H]2OCCCCCc1cn(CCOCCOCCN2C(=O)c3cccc4c(N5CCCCC5)ccc(c34)C2=O)nn1. The van der Waals surface area contributed by atoms with E-state index in [4.69, 9.17) is 18.9 Å². The number of ketones is 1. The van der Waals surface area contributed by atoms with E-state index in [2.05, 4.69) is 35.6 Å². The first-order valence-corrected chi connectivity index (χ1v) is 24.1. The second kappa shape index (κ2) is 17.3. The topological polar surface area (TPSA) is 166 Å². The van der Waals surface area contributed by atoms with Crippen molar-refractivity contribution in [3.05, 3.63) is 65.5 Å². The fourth-order valence-corrected chi connectivity index (χ4v) is 13.8. The molecule has 8 aliphatic rings. The average molecular weight is 880 g/mol. The first-order chi connectivity index (χ1) is 31.0. The van der Waals surface area contributed by atoms with Gasteiger partial charge in [0.2, 0.25) is 0 Å². The van der Waals surface area contributed by atoms with Crippen LogP contribution < -0.4 is 4.90 Å². The monoisotopic (exact) mass is 879 g/mol. The van der Waals surface area contributed by atoms with Crippen molar-refractivity contribution in [1.29, 1.82) is 0 Å². The molecule has 64 heavy (non-hydrogen) atoms. The predicted octanol–water partition coefficient (Wildman–Crippen LogP) is 5.90. The van der Waals surface area contributed by atoms with Gasteiger partial charge in [0.15, 0.2) is 12.1 Å². The molecule has 2 N–H and O–H groups in total. The Labute approximate surface area is 375 Å². The number of hydrogen-bond donors (Lipinski definition) is 2. The molecule has 4 bridgehead atoms. The van der Waals surface area contributed by atoms with Gasteiger partial charge in [0.25, 0.3) is 11.8 Å². The number of anilines is 1. The molecule has 14 nitrogen and oxygen atoms in total. The zero-order chi connectivity index (χ0) is 44.4. The number of aliphatic hydroxyl groups excluding tert-OH is 2. The van der Waals surface area contributed by atoms with Crippen LogP contribution in [0.1, 0.15) is 111 Å². The number of ether oxygens (including phenoxy) is 4. The molecule has 0 unspecified atom stereocenters. The molecule has 4 saturated carbocycles. The van der Waals surface area contributed by atoms with Crippen LogP contribution >= 0.6 is 0 Å². The summed E-state index contributed by atoms with van der Waals surface area (Å²) < 4.78 is 26.8. The molecule has 4 aliphatic heterocycles. The van der Waals surface area contributed by atoms with E-state index >= 15 is 0 Å². The Morgan fingerprint density at radius 3 is 2.42 bits per heavy atom. The van der Waals surface area contributed by atoms with E-state index in [0.717, 1.165) is 93.0 Å². The molecular weight excluding hydrogens is 815 g/mol. The third-order valence-electron chi connectivity index (χ3n) is 16.6. The van der Waals surface area contributed by atoms with Crippen molar-refractivity contribution in [3.8, 4) is 0 Å². The van der Waals surface area contributed by atoms with Gasteiger partial charge in [0.05, 0.1) is 68.9 Å². The standard InChI is InChI=1S/C50H65N5O9/c1-31-36-28-38(56)42-49-18-11-17-48(2,3)39(49)29-40(50(42,43(31)57)44(36)58)64-47(49)63-23-9-4-6-12-32-30-54(52-51-32)21-24-61-26-27-62-25-22-55-45(59)34-14-10-13-33-37(53-19-7-5-8-20-53)16-15-35(41(33)34)46(55)60/h10,13-16,30,36,38-40,42,44,47,56,58H,1,4-9,11-12,17-29H2,2-3H3/t36-,38-,39+,40+,42-,44+,47+,49-,50+/m0/s1. The minimum atomic E-state index is -1.13. The van der Waals surface area contributed by atoms with Crippen molar-refractivity contribution in [2.24, 2.45) is 34.0 Å². The van der Waals surface area contributed by atoms with Crippen molar-refractivity contribution < 1.29 is 43.5 Å². The summed E-state index contributed by atoms with van der Waals surface area (Å²) in [6.07, 6.45) is 10.3. The van der Waals surface area contributed by atoms with E-state index in [0.29, 0.717) is 62.5 Å². The Kier molecular flexibility index (Phi) is 11.9. The van der Waals surface area contributed by atoms with Crippen molar-refractivity contribution in [3.63, 3.8) is 0 Å². The van der Waals surface area contributed by atoms with Gasteiger partial charge in [-0.3, -0.25) is 19.3 Å². The summed E-state index contributed by atoms with van der Waals surface area (Å²) in [6.45, 7) is 13.3. The zero-order valence-electron chi connectivity index (χ0n) is 37.6. The molecule has 4 aliphatic carbocycles. The van der Waals surface area contributed by atoms with Crippen LogP contribution in [0.5, 0.6) is 0 Å². The number of rotatable bonds is 17. The number of nitrogens with zero attached hydrogens (tertiary/aromatic N) is 5. The van der Waals surface area contributed by atoms with Crippen LogP contribution in [0.15, 0.2) is 48.7 Å². The molecule has 11 rings (SSSR count). The van der Waals surface area contributed by atoms with Gasteiger partial charge in [0, 0.05) is 70.7 Å². The third-order valence-corrected chi connectivity index (χ3v) is 16.6. The van der Waals surface area contributed by atoms with Gasteiger partial charge >= 0.3 is 0 Å². The summed E-state index contributed by atoms with van der Waals surface area (Å²) in [4.78, 5) is 44.7. The quantitative estimate of drug-likeness (QED) is 0.0938. The molecule has 0 radical (unpaired) electrons. The molecule has 1 aromatic heterocycles. The summed E-state index contributed by atoms with van der Waals surface area (Å²) in [5.41, 5.74) is 1.92. The molecule has 2 amide bonds. The van der Waals surface area contributed by atoms with E-state index in [-0.39, 0.29) is 42.1 Å². The maximum absolute atomic E-state index is 14.0. The number of fused-ring (bicyclic) bond motifs is 2. The van der Waals surface area contributed by atoms with Crippen molar-refractivity contribution >= 4 is 34.1 Å². The number of carbonyl (C=O) groups excluding carboxylic acids is 3. The van der Waals surface area contributed by atoms with Gasteiger partial charge in [-0.15, -0.1) is 5.10 Å². The number of unbranched alkanes of at least 4 members (excludes halogenated alkanes) is 2. The predicted molar refractivity (Wildman–Crippen MR) is 238 cm³/mol.